The minimum Gasteiger partial charge on any atom is -0.345 e. The Labute approximate surface area is 156 Å². The number of amides is 6. The molecule has 1 heterocycles. The van der Waals surface area contributed by atoms with Crippen LogP contribution in [0.25, 0.3) is 0 Å². The van der Waals surface area contributed by atoms with E-state index in [4.69, 9.17) is 0 Å². The van der Waals surface area contributed by atoms with Gasteiger partial charge in [-0.25, -0.2) is 9.69 Å². The Morgan fingerprint density at radius 1 is 1.00 bits per heavy atom. The molecule has 0 atom stereocenters. The lowest BCUT2D eigenvalue weighted by molar-refractivity contribution is -0.143. The van der Waals surface area contributed by atoms with E-state index in [2.05, 4.69) is 5.32 Å². The average Bonchev–Trinajstić information content (AvgIpc) is 2.83. The molecular formula is C18H22N4O5. The number of carbonyl (C=O) groups excluding carboxylic acids is 5. The number of hydrogen-bond donors (Lipinski definition) is 1. The number of urea groups is 1. The maximum Gasteiger partial charge on any atom is 0.334 e. The number of rotatable bonds is 7. The van der Waals surface area contributed by atoms with Crippen LogP contribution < -0.4 is 5.32 Å². The van der Waals surface area contributed by atoms with Gasteiger partial charge in [-0.15, -0.1) is 0 Å². The second-order valence-electron chi connectivity index (χ2n) is 6.31. The first kappa shape index (κ1) is 20.1. The summed E-state index contributed by atoms with van der Waals surface area (Å²) in [5, 5.41) is 2.54. The molecule has 0 radical (unpaired) electrons. The summed E-state index contributed by atoms with van der Waals surface area (Å²) in [5.41, 5.74) is 0.864. The highest BCUT2D eigenvalue weighted by molar-refractivity contribution is 6.45. The molecule has 0 spiro atoms. The van der Waals surface area contributed by atoms with Gasteiger partial charge in [0.2, 0.25) is 5.91 Å². The zero-order chi connectivity index (χ0) is 20.1. The van der Waals surface area contributed by atoms with Crippen LogP contribution in [-0.2, 0) is 14.4 Å². The Bertz CT molecular complexity index is 772. The number of anilines is 1. The largest absolute Gasteiger partial charge is 0.345 e. The number of hydrogen-bond acceptors (Lipinski definition) is 5. The van der Waals surface area contributed by atoms with Gasteiger partial charge in [-0.05, 0) is 30.7 Å². The summed E-state index contributed by atoms with van der Waals surface area (Å²) in [4.78, 5) is 62.9. The molecule has 2 rings (SSSR count). The van der Waals surface area contributed by atoms with Crippen LogP contribution in [0.3, 0.4) is 0 Å². The minimum atomic E-state index is -1.00. The summed E-state index contributed by atoms with van der Waals surface area (Å²) in [6, 6.07) is 5.42. The lowest BCUT2D eigenvalue weighted by atomic mass is 10.2. The van der Waals surface area contributed by atoms with E-state index >= 15 is 0 Å². The molecule has 1 N–H and O–H groups in total. The van der Waals surface area contributed by atoms with Crippen molar-refractivity contribution in [2.75, 3.05) is 32.5 Å². The summed E-state index contributed by atoms with van der Waals surface area (Å²) in [7, 11) is 3.26. The topological polar surface area (TPSA) is 107 Å². The van der Waals surface area contributed by atoms with Crippen LogP contribution in [0.15, 0.2) is 24.3 Å². The first-order chi connectivity index (χ1) is 12.8. The molecule has 1 aromatic carbocycles. The van der Waals surface area contributed by atoms with Gasteiger partial charge >= 0.3 is 17.8 Å². The molecule has 1 aliphatic rings. The van der Waals surface area contributed by atoms with Crippen LogP contribution >= 0.6 is 0 Å². The summed E-state index contributed by atoms with van der Waals surface area (Å²) in [5.74, 6) is -2.70. The van der Waals surface area contributed by atoms with Crippen molar-refractivity contribution in [2.45, 2.75) is 19.8 Å². The second kappa shape index (κ2) is 8.43. The third kappa shape index (κ3) is 4.49. The van der Waals surface area contributed by atoms with E-state index < -0.39 is 30.3 Å². The quantitative estimate of drug-likeness (QED) is 0.564. The van der Waals surface area contributed by atoms with Crippen LogP contribution in [0.4, 0.5) is 10.5 Å². The van der Waals surface area contributed by atoms with Crippen molar-refractivity contribution in [3.8, 4) is 0 Å². The van der Waals surface area contributed by atoms with Crippen molar-refractivity contribution in [2.24, 2.45) is 0 Å². The predicted molar refractivity (Wildman–Crippen MR) is 96.8 cm³/mol. The first-order valence-electron chi connectivity index (χ1n) is 8.55. The van der Waals surface area contributed by atoms with Gasteiger partial charge in [-0.2, -0.15) is 0 Å². The van der Waals surface area contributed by atoms with Gasteiger partial charge in [0.15, 0.2) is 0 Å². The van der Waals surface area contributed by atoms with E-state index in [0.717, 1.165) is 11.3 Å². The maximum absolute atomic E-state index is 12.2. The van der Waals surface area contributed by atoms with E-state index in [-0.39, 0.29) is 12.5 Å². The number of nitrogens with zero attached hydrogens (tertiary/aromatic N) is 3. The highest BCUT2D eigenvalue weighted by Gasteiger charge is 2.44. The Morgan fingerprint density at radius 3 is 2.15 bits per heavy atom. The summed E-state index contributed by atoms with van der Waals surface area (Å²) in [6.07, 6.45) is 1.35. The maximum atomic E-state index is 12.2. The molecule has 144 valence electrons. The van der Waals surface area contributed by atoms with Crippen LogP contribution in [-0.4, -0.2) is 71.5 Å². The highest BCUT2D eigenvalue weighted by Crippen LogP contribution is 2.14. The molecule has 0 bridgehead atoms. The van der Waals surface area contributed by atoms with Crippen LogP contribution in [0.2, 0.25) is 0 Å². The summed E-state index contributed by atoms with van der Waals surface area (Å²) < 4.78 is 0. The number of benzene rings is 1. The van der Waals surface area contributed by atoms with Gasteiger partial charge < -0.3 is 10.2 Å². The SMILES string of the molecule is CCCCN1C(=O)C(=O)N(CC(=O)Nc2ccc(C(=O)N(C)C)cc2)C1=O. The smallest absolute Gasteiger partial charge is 0.334 e. The zero-order valence-electron chi connectivity index (χ0n) is 15.5. The van der Waals surface area contributed by atoms with Crippen LogP contribution in [0.5, 0.6) is 0 Å². The van der Waals surface area contributed by atoms with Crippen molar-refractivity contribution < 1.29 is 24.0 Å². The van der Waals surface area contributed by atoms with E-state index in [0.29, 0.717) is 22.6 Å². The minimum absolute atomic E-state index is 0.152. The van der Waals surface area contributed by atoms with Crippen molar-refractivity contribution >= 4 is 35.3 Å². The van der Waals surface area contributed by atoms with Crippen molar-refractivity contribution in [1.29, 1.82) is 0 Å². The molecule has 1 fully saturated rings. The molecule has 0 saturated carbocycles. The van der Waals surface area contributed by atoms with Gasteiger partial charge in [-0.3, -0.25) is 24.1 Å². The van der Waals surface area contributed by atoms with Crippen LogP contribution in [0.1, 0.15) is 30.1 Å². The zero-order valence-corrected chi connectivity index (χ0v) is 15.5. The molecule has 27 heavy (non-hydrogen) atoms. The van der Waals surface area contributed by atoms with Gasteiger partial charge in [0.1, 0.15) is 6.54 Å². The molecular weight excluding hydrogens is 352 g/mol. The fourth-order valence-corrected chi connectivity index (χ4v) is 2.50. The van der Waals surface area contributed by atoms with E-state index in [9.17, 15) is 24.0 Å². The molecule has 0 unspecified atom stereocenters. The van der Waals surface area contributed by atoms with Gasteiger partial charge in [0.05, 0.1) is 0 Å². The van der Waals surface area contributed by atoms with E-state index in [1.807, 2.05) is 6.92 Å². The number of nitrogens with one attached hydrogen (secondary N) is 1. The Morgan fingerprint density at radius 2 is 1.59 bits per heavy atom. The van der Waals surface area contributed by atoms with Crippen molar-refractivity contribution in [1.82, 2.24) is 14.7 Å². The Kier molecular flexibility index (Phi) is 6.27. The van der Waals surface area contributed by atoms with Gasteiger partial charge in [0.25, 0.3) is 5.91 Å². The number of unbranched alkanes of at least 4 members (excludes halogenated alkanes) is 1. The second-order valence-corrected chi connectivity index (χ2v) is 6.31. The third-order valence-electron chi connectivity index (χ3n) is 3.99. The van der Waals surface area contributed by atoms with Crippen molar-refractivity contribution in [3.05, 3.63) is 29.8 Å². The Hall–Kier alpha value is -3.23. The molecule has 9 nitrogen and oxygen atoms in total. The molecule has 6 amide bonds. The molecule has 0 aromatic heterocycles. The fourth-order valence-electron chi connectivity index (χ4n) is 2.50. The standard InChI is InChI=1S/C18H22N4O5/c1-4-5-10-21-16(25)17(26)22(18(21)27)11-14(23)19-13-8-6-12(7-9-13)15(24)20(2)3/h6-9H,4-5,10-11H2,1-3H3,(H,19,23). The summed E-state index contributed by atoms with van der Waals surface area (Å²) >= 11 is 0. The number of imide groups is 2. The monoisotopic (exact) mass is 374 g/mol. The fraction of sp³-hybridized carbons (Fsp3) is 0.389. The number of carbonyl (C=O) groups is 5. The van der Waals surface area contributed by atoms with E-state index in [1.54, 1.807) is 38.4 Å². The molecule has 9 heteroatoms. The Balaban J connectivity index is 1.99. The molecule has 1 saturated heterocycles. The summed E-state index contributed by atoms with van der Waals surface area (Å²) in [6.45, 7) is 1.50. The van der Waals surface area contributed by atoms with Crippen LogP contribution in [0, 0.1) is 0 Å². The lowest BCUT2D eigenvalue weighted by Gasteiger charge is -2.15. The molecule has 1 aromatic rings. The molecule has 1 aliphatic heterocycles. The molecule has 0 aliphatic carbocycles. The van der Waals surface area contributed by atoms with E-state index in [1.165, 1.54) is 4.90 Å². The predicted octanol–water partition coefficient (Wildman–Crippen LogP) is 0.918. The lowest BCUT2D eigenvalue weighted by Crippen LogP contribution is -2.39. The van der Waals surface area contributed by atoms with Crippen molar-refractivity contribution in [3.63, 3.8) is 0 Å². The first-order valence-corrected chi connectivity index (χ1v) is 8.55. The van der Waals surface area contributed by atoms with Gasteiger partial charge in [0, 0.05) is 31.9 Å². The normalized spacial score (nSPS) is 14.0. The highest BCUT2D eigenvalue weighted by atomic mass is 16.2. The van der Waals surface area contributed by atoms with Gasteiger partial charge in [-0.1, -0.05) is 13.3 Å². The average molecular weight is 374 g/mol. The third-order valence-corrected chi connectivity index (χ3v) is 3.99.